The number of aromatic carboxylic acids is 1. The first-order chi connectivity index (χ1) is 7.40. The van der Waals surface area contributed by atoms with Gasteiger partial charge in [0.1, 0.15) is 5.69 Å². The van der Waals surface area contributed by atoms with Crippen molar-refractivity contribution in [3.8, 4) is 0 Å². The van der Waals surface area contributed by atoms with Crippen LogP contribution in [-0.4, -0.2) is 15.6 Å². The van der Waals surface area contributed by atoms with E-state index in [0.717, 1.165) is 5.22 Å². The van der Waals surface area contributed by atoms with Crippen LogP contribution in [-0.2, 0) is 7.05 Å². The highest BCUT2D eigenvalue weighted by molar-refractivity contribution is 14.1. The van der Waals surface area contributed by atoms with Crippen LogP contribution in [0.4, 0.5) is 0 Å². The minimum Gasteiger partial charge on any atom is -0.477 e. The van der Waals surface area contributed by atoms with E-state index in [1.165, 1.54) is 0 Å². The number of nitrogens with zero attached hydrogens (tertiary/aromatic N) is 1. The second kappa shape index (κ2) is 5.05. The van der Waals surface area contributed by atoms with Crippen LogP contribution in [0.3, 0.4) is 0 Å². The Kier molecular flexibility index (Phi) is 4.21. The lowest BCUT2D eigenvalue weighted by Gasteiger charge is -2.00. The molecule has 0 spiro atoms. The minimum atomic E-state index is -0.972. The first-order valence-corrected chi connectivity index (χ1v) is 5.95. The summed E-state index contributed by atoms with van der Waals surface area (Å²) >= 11 is 8.13. The van der Waals surface area contributed by atoms with Crippen LogP contribution in [0.25, 0.3) is 11.1 Å². The van der Waals surface area contributed by atoms with Gasteiger partial charge in [0.25, 0.3) is 0 Å². The Morgan fingerprint density at radius 2 is 2.25 bits per heavy atom. The van der Waals surface area contributed by atoms with Gasteiger partial charge in [0.2, 0.25) is 0 Å². The smallest absolute Gasteiger partial charge is 0.352 e. The van der Waals surface area contributed by atoms with Crippen molar-refractivity contribution in [2.45, 2.75) is 6.92 Å². The van der Waals surface area contributed by atoms with Crippen LogP contribution < -0.4 is 10.6 Å². The number of allylic oxidation sites excluding steroid dienone is 1. The molecule has 16 heavy (non-hydrogen) atoms. The van der Waals surface area contributed by atoms with Gasteiger partial charge in [-0.1, -0.05) is 24.3 Å². The van der Waals surface area contributed by atoms with E-state index in [4.69, 9.17) is 16.7 Å². The first-order valence-electron chi connectivity index (χ1n) is 4.50. The monoisotopic (exact) mass is 351 g/mol. The van der Waals surface area contributed by atoms with Gasteiger partial charge in [-0.25, -0.2) is 4.79 Å². The van der Waals surface area contributed by atoms with Gasteiger partial charge in [0, 0.05) is 10.6 Å². The summed E-state index contributed by atoms with van der Waals surface area (Å²) in [5.41, 5.74) is 0.207. The molecule has 1 aromatic heterocycles. The van der Waals surface area contributed by atoms with Gasteiger partial charge in [-0.15, -0.1) is 0 Å². The summed E-state index contributed by atoms with van der Waals surface area (Å²) in [6.07, 6.45) is 1.82. The molecule has 5 heteroatoms. The summed E-state index contributed by atoms with van der Waals surface area (Å²) in [6.45, 7) is 5.58. The molecule has 0 radical (unpaired) electrons. The Bertz CT molecular complexity index is 572. The summed E-state index contributed by atoms with van der Waals surface area (Å²) < 4.78 is 2.24. The van der Waals surface area contributed by atoms with Crippen molar-refractivity contribution >= 4 is 51.3 Å². The number of hydrogen-bond donors (Lipinski definition) is 1. The Balaban J connectivity index is 3.84. The Hall–Kier alpha value is -0.750. The molecular weight excluding hydrogens is 340 g/mol. The maximum atomic E-state index is 11.0. The largest absolute Gasteiger partial charge is 0.477 e. The lowest BCUT2D eigenvalue weighted by atomic mass is 10.3. The lowest BCUT2D eigenvalue weighted by molar-refractivity contribution is 0.0686. The molecule has 0 aromatic carbocycles. The topological polar surface area (TPSA) is 42.2 Å². The van der Waals surface area contributed by atoms with E-state index in [1.807, 2.05) is 35.6 Å². The molecule has 1 rings (SSSR count). The van der Waals surface area contributed by atoms with Crippen molar-refractivity contribution in [2.24, 2.45) is 7.05 Å². The molecule has 0 unspecified atom stereocenters. The van der Waals surface area contributed by atoms with Crippen molar-refractivity contribution in [3.05, 3.63) is 32.5 Å². The number of carbonyl (C=O) groups is 1. The van der Waals surface area contributed by atoms with E-state index in [-0.39, 0.29) is 5.69 Å². The second-order valence-corrected chi connectivity index (χ2v) is 4.89. The fraction of sp³-hybridized carbons (Fsp3) is 0.182. The van der Waals surface area contributed by atoms with Crippen LogP contribution in [0.1, 0.15) is 17.4 Å². The fourth-order valence-electron chi connectivity index (χ4n) is 1.45. The maximum absolute atomic E-state index is 11.0. The summed E-state index contributed by atoms with van der Waals surface area (Å²) in [5.74, 6) is -0.972. The molecule has 1 heterocycles. The average molecular weight is 352 g/mol. The highest BCUT2D eigenvalue weighted by atomic mass is 127. The zero-order chi connectivity index (χ0) is 12.5. The molecule has 3 nitrogen and oxygen atoms in total. The molecule has 0 bridgehead atoms. The van der Waals surface area contributed by atoms with Gasteiger partial charge in [-0.3, -0.25) is 0 Å². The van der Waals surface area contributed by atoms with Crippen LogP contribution in [0.15, 0.2) is 16.2 Å². The van der Waals surface area contributed by atoms with Crippen LogP contribution in [0.2, 0.25) is 0 Å². The summed E-state index contributed by atoms with van der Waals surface area (Å²) in [5, 5.41) is 11.0. The van der Waals surface area contributed by atoms with Gasteiger partial charge >= 0.3 is 5.97 Å². The molecule has 1 aromatic rings. The van der Waals surface area contributed by atoms with Gasteiger partial charge in [0.05, 0.1) is 10.4 Å². The van der Waals surface area contributed by atoms with Crippen LogP contribution >= 0.6 is 34.2 Å². The highest BCUT2D eigenvalue weighted by Gasteiger charge is 2.11. The number of hydrogen-bond acceptors (Lipinski definition) is 1. The molecule has 0 atom stereocenters. The summed E-state index contributed by atoms with van der Waals surface area (Å²) in [4.78, 5) is 11.0. The molecule has 1 N–H and O–H groups in total. The van der Waals surface area contributed by atoms with Crippen LogP contribution in [0.5, 0.6) is 0 Å². The lowest BCUT2D eigenvalue weighted by Crippen LogP contribution is -2.29. The van der Waals surface area contributed by atoms with Crippen molar-refractivity contribution in [1.82, 2.24) is 4.57 Å². The summed E-state index contributed by atoms with van der Waals surface area (Å²) in [7, 11) is 1.67. The Morgan fingerprint density at radius 1 is 1.69 bits per heavy atom. The van der Waals surface area contributed by atoms with Crippen molar-refractivity contribution in [2.75, 3.05) is 0 Å². The standard InChI is InChI=1S/C11H11ClINO2/c1-4-7-5-8(11(15)16)14(3)10(7)9(12)6(2)13/h4-5H,2H2,1,3H3,(H,15,16)/b7-4-,10-9-. The fourth-order valence-corrected chi connectivity index (χ4v) is 1.95. The third kappa shape index (κ3) is 2.32. The molecule has 0 aliphatic carbocycles. The van der Waals surface area contributed by atoms with E-state index in [1.54, 1.807) is 17.7 Å². The number of rotatable bonds is 2. The molecule has 86 valence electrons. The molecule has 0 aliphatic rings. The summed E-state index contributed by atoms with van der Waals surface area (Å²) in [6, 6.07) is 1.60. The zero-order valence-corrected chi connectivity index (χ0v) is 11.8. The normalized spacial score (nSPS) is 13.9. The minimum absolute atomic E-state index is 0.207. The van der Waals surface area contributed by atoms with Crippen LogP contribution in [0, 0.1) is 0 Å². The van der Waals surface area contributed by atoms with Gasteiger partial charge < -0.3 is 9.67 Å². The molecule has 0 fully saturated rings. The third-order valence-corrected chi connectivity index (χ3v) is 3.50. The maximum Gasteiger partial charge on any atom is 0.352 e. The second-order valence-electron chi connectivity index (χ2n) is 3.21. The quantitative estimate of drug-likeness (QED) is 0.826. The molecule has 0 saturated heterocycles. The van der Waals surface area contributed by atoms with Crippen molar-refractivity contribution in [3.63, 3.8) is 0 Å². The van der Waals surface area contributed by atoms with E-state index < -0.39 is 5.97 Å². The van der Waals surface area contributed by atoms with Gasteiger partial charge in [-0.2, -0.15) is 0 Å². The van der Waals surface area contributed by atoms with E-state index in [2.05, 4.69) is 6.58 Å². The molecule has 0 saturated carbocycles. The Morgan fingerprint density at radius 3 is 2.62 bits per heavy atom. The number of aromatic nitrogens is 1. The van der Waals surface area contributed by atoms with E-state index >= 15 is 0 Å². The predicted octanol–water partition coefficient (Wildman–Crippen LogP) is 1.82. The van der Waals surface area contributed by atoms with Crippen molar-refractivity contribution < 1.29 is 9.90 Å². The van der Waals surface area contributed by atoms with E-state index in [0.29, 0.717) is 14.0 Å². The number of carboxylic acid groups (broad SMARTS) is 1. The van der Waals surface area contributed by atoms with Gasteiger partial charge in [-0.05, 0) is 40.8 Å². The average Bonchev–Trinajstić information content (AvgIpc) is 2.54. The highest BCUT2D eigenvalue weighted by Crippen LogP contribution is 2.18. The Labute approximate surface area is 112 Å². The first kappa shape index (κ1) is 13.3. The predicted molar refractivity (Wildman–Crippen MR) is 74.2 cm³/mol. The SMILES string of the molecule is C=C(I)/C(Cl)=c1\c(=C/C)cc(C(=O)O)n1C. The molecule has 0 amide bonds. The number of halogens is 2. The van der Waals surface area contributed by atoms with Crippen molar-refractivity contribution in [1.29, 1.82) is 0 Å². The molecule has 0 aliphatic heterocycles. The van der Waals surface area contributed by atoms with Gasteiger partial charge in [0.15, 0.2) is 0 Å². The number of carboxylic acids is 1. The zero-order valence-electron chi connectivity index (χ0n) is 8.92. The van der Waals surface area contributed by atoms with E-state index in [9.17, 15) is 4.79 Å². The molecular formula is C11H11ClINO2. The third-order valence-electron chi connectivity index (χ3n) is 2.24.